The maximum atomic E-state index is 11.9. The van der Waals surface area contributed by atoms with Crippen LogP contribution in [0.1, 0.15) is 36.2 Å². The van der Waals surface area contributed by atoms with Crippen molar-refractivity contribution in [3.8, 4) is 0 Å². The van der Waals surface area contributed by atoms with Crippen molar-refractivity contribution in [1.82, 2.24) is 15.8 Å². The molecule has 2 amide bonds. The van der Waals surface area contributed by atoms with E-state index < -0.39 is 0 Å². The molecule has 2 N–H and O–H groups in total. The van der Waals surface area contributed by atoms with Crippen LogP contribution in [0.4, 0.5) is 0 Å². The lowest BCUT2D eigenvalue weighted by Crippen LogP contribution is -2.49. The molecule has 0 aromatic heterocycles. The van der Waals surface area contributed by atoms with Crippen LogP contribution in [0, 0.1) is 18.8 Å². The Labute approximate surface area is 132 Å². The summed E-state index contributed by atoms with van der Waals surface area (Å²) in [5.41, 5.74) is 6.58. The van der Waals surface area contributed by atoms with Crippen molar-refractivity contribution in [3.63, 3.8) is 0 Å². The summed E-state index contributed by atoms with van der Waals surface area (Å²) in [4.78, 5) is 26.0. The predicted octanol–water partition coefficient (Wildman–Crippen LogP) is 1.73. The highest BCUT2D eigenvalue weighted by Gasteiger charge is 2.23. The maximum Gasteiger partial charge on any atom is 0.269 e. The van der Waals surface area contributed by atoms with E-state index in [-0.39, 0.29) is 11.8 Å². The number of amides is 2. The number of nitrogens with one attached hydrogen (secondary N) is 2. The normalized spacial score (nSPS) is 22.1. The van der Waals surface area contributed by atoms with Crippen molar-refractivity contribution < 1.29 is 9.59 Å². The summed E-state index contributed by atoms with van der Waals surface area (Å²) in [7, 11) is 0. The van der Waals surface area contributed by atoms with Crippen LogP contribution in [0.2, 0.25) is 0 Å². The van der Waals surface area contributed by atoms with Gasteiger partial charge in [-0.05, 0) is 37.3 Å². The Morgan fingerprint density at radius 1 is 1.09 bits per heavy atom. The van der Waals surface area contributed by atoms with Gasteiger partial charge in [0.1, 0.15) is 0 Å². The van der Waals surface area contributed by atoms with Gasteiger partial charge in [0.15, 0.2) is 0 Å². The highest BCUT2D eigenvalue weighted by molar-refractivity contribution is 5.95. The number of carbonyl (C=O) groups excluding carboxylic acids is 2. The van der Waals surface area contributed by atoms with E-state index in [1.165, 1.54) is 6.42 Å². The minimum absolute atomic E-state index is 0.179. The lowest BCUT2D eigenvalue weighted by Gasteiger charge is -2.34. The number of piperidine rings is 1. The highest BCUT2D eigenvalue weighted by atomic mass is 16.2. The first-order valence-electron chi connectivity index (χ1n) is 7.82. The largest absolute Gasteiger partial charge is 0.294 e. The molecule has 1 aliphatic rings. The van der Waals surface area contributed by atoms with Crippen LogP contribution in [-0.2, 0) is 4.79 Å². The van der Waals surface area contributed by atoms with Gasteiger partial charge >= 0.3 is 0 Å². The van der Waals surface area contributed by atoms with E-state index in [1.807, 2.05) is 19.1 Å². The van der Waals surface area contributed by atoms with Crippen LogP contribution in [-0.4, -0.2) is 36.3 Å². The number of nitrogens with zero attached hydrogens (tertiary/aromatic N) is 1. The number of carbonyl (C=O) groups is 2. The lowest BCUT2D eigenvalue weighted by atomic mass is 9.92. The van der Waals surface area contributed by atoms with Crippen molar-refractivity contribution in [2.75, 3.05) is 19.6 Å². The second kappa shape index (κ2) is 7.40. The number of hydrogen-bond donors (Lipinski definition) is 2. The third-order valence-electron chi connectivity index (χ3n) is 3.94. The van der Waals surface area contributed by atoms with E-state index in [9.17, 15) is 9.59 Å². The van der Waals surface area contributed by atoms with Crippen LogP contribution in [0.25, 0.3) is 0 Å². The zero-order chi connectivity index (χ0) is 16.1. The van der Waals surface area contributed by atoms with Gasteiger partial charge in [0.2, 0.25) is 0 Å². The van der Waals surface area contributed by atoms with Gasteiger partial charge in [0.25, 0.3) is 11.8 Å². The van der Waals surface area contributed by atoms with Crippen molar-refractivity contribution in [2.45, 2.75) is 27.2 Å². The lowest BCUT2D eigenvalue weighted by molar-refractivity contribution is -0.123. The molecule has 2 unspecified atom stereocenters. The molecule has 1 aliphatic heterocycles. The number of benzene rings is 1. The summed E-state index contributed by atoms with van der Waals surface area (Å²) in [6, 6.07) is 7.22. The van der Waals surface area contributed by atoms with E-state index in [4.69, 9.17) is 0 Å². The van der Waals surface area contributed by atoms with E-state index >= 15 is 0 Å². The average molecular weight is 303 g/mol. The van der Waals surface area contributed by atoms with Gasteiger partial charge in [-0.1, -0.05) is 31.5 Å². The molecule has 0 bridgehead atoms. The first-order valence-corrected chi connectivity index (χ1v) is 7.82. The third-order valence-corrected chi connectivity index (χ3v) is 3.94. The molecule has 22 heavy (non-hydrogen) atoms. The Morgan fingerprint density at radius 2 is 1.68 bits per heavy atom. The van der Waals surface area contributed by atoms with Crippen LogP contribution in [0.3, 0.4) is 0 Å². The molecular weight excluding hydrogens is 278 g/mol. The molecular formula is C17H25N3O2. The predicted molar refractivity (Wildman–Crippen MR) is 86.2 cm³/mol. The Morgan fingerprint density at radius 3 is 2.27 bits per heavy atom. The molecule has 1 aromatic rings. The molecule has 0 spiro atoms. The van der Waals surface area contributed by atoms with E-state index in [0.29, 0.717) is 23.9 Å². The minimum atomic E-state index is -0.297. The summed E-state index contributed by atoms with van der Waals surface area (Å²) in [5.74, 6) is 0.743. The molecule has 0 radical (unpaired) electrons. The number of hydrogen-bond acceptors (Lipinski definition) is 3. The van der Waals surface area contributed by atoms with Crippen molar-refractivity contribution in [1.29, 1.82) is 0 Å². The minimum Gasteiger partial charge on any atom is -0.294 e. The van der Waals surface area contributed by atoms with E-state index in [2.05, 4.69) is 29.6 Å². The fourth-order valence-electron chi connectivity index (χ4n) is 3.07. The topological polar surface area (TPSA) is 61.4 Å². The fraction of sp³-hybridized carbons (Fsp3) is 0.529. The molecule has 0 saturated carbocycles. The molecule has 2 atom stereocenters. The summed E-state index contributed by atoms with van der Waals surface area (Å²) >= 11 is 0. The molecule has 5 heteroatoms. The standard InChI is InChI=1S/C17H25N3O2/c1-12-4-6-15(7-5-12)17(22)19-18-16(21)11-20-9-13(2)8-14(3)10-20/h4-7,13-14H,8-11H2,1-3H3,(H,18,21)(H,19,22). The molecule has 1 saturated heterocycles. The van der Waals surface area contributed by atoms with Gasteiger partial charge in [-0.25, -0.2) is 0 Å². The second-order valence-corrected chi connectivity index (χ2v) is 6.51. The zero-order valence-electron chi connectivity index (χ0n) is 13.6. The van der Waals surface area contributed by atoms with E-state index in [0.717, 1.165) is 18.7 Å². The Kier molecular flexibility index (Phi) is 5.55. The average Bonchev–Trinajstić information content (AvgIpc) is 2.44. The van der Waals surface area contributed by atoms with Crippen molar-refractivity contribution in [2.24, 2.45) is 11.8 Å². The Balaban J connectivity index is 1.77. The van der Waals surface area contributed by atoms with E-state index in [1.54, 1.807) is 12.1 Å². The molecule has 2 rings (SSSR count). The fourth-order valence-corrected chi connectivity index (χ4v) is 3.07. The van der Waals surface area contributed by atoms with Crippen LogP contribution in [0.5, 0.6) is 0 Å². The summed E-state index contributed by atoms with van der Waals surface area (Å²) in [6.07, 6.45) is 1.21. The Bertz CT molecular complexity index is 517. The first-order chi connectivity index (χ1) is 10.4. The van der Waals surface area contributed by atoms with Crippen LogP contribution >= 0.6 is 0 Å². The van der Waals surface area contributed by atoms with Gasteiger partial charge in [-0.2, -0.15) is 0 Å². The van der Waals surface area contributed by atoms with Gasteiger partial charge < -0.3 is 0 Å². The molecule has 1 aromatic carbocycles. The molecule has 5 nitrogen and oxygen atoms in total. The maximum absolute atomic E-state index is 11.9. The number of aryl methyl sites for hydroxylation is 1. The molecule has 1 fully saturated rings. The molecule has 1 heterocycles. The molecule has 0 aliphatic carbocycles. The van der Waals surface area contributed by atoms with Gasteiger partial charge in [-0.15, -0.1) is 0 Å². The van der Waals surface area contributed by atoms with Crippen molar-refractivity contribution in [3.05, 3.63) is 35.4 Å². The second-order valence-electron chi connectivity index (χ2n) is 6.51. The highest BCUT2D eigenvalue weighted by Crippen LogP contribution is 2.20. The first kappa shape index (κ1) is 16.5. The number of rotatable bonds is 3. The van der Waals surface area contributed by atoms with Crippen LogP contribution in [0.15, 0.2) is 24.3 Å². The SMILES string of the molecule is Cc1ccc(C(=O)NNC(=O)CN2CC(C)CC(C)C2)cc1. The molecule has 120 valence electrons. The number of likely N-dealkylation sites (tertiary alicyclic amines) is 1. The van der Waals surface area contributed by atoms with Crippen LogP contribution < -0.4 is 10.9 Å². The summed E-state index contributed by atoms with van der Waals surface area (Å²) in [6.45, 7) is 8.57. The zero-order valence-corrected chi connectivity index (χ0v) is 13.6. The van der Waals surface area contributed by atoms with Gasteiger partial charge in [0, 0.05) is 18.7 Å². The van der Waals surface area contributed by atoms with Crippen molar-refractivity contribution >= 4 is 11.8 Å². The Hall–Kier alpha value is -1.88. The third kappa shape index (κ3) is 4.84. The smallest absolute Gasteiger partial charge is 0.269 e. The monoisotopic (exact) mass is 303 g/mol. The number of hydrazine groups is 1. The quantitative estimate of drug-likeness (QED) is 0.836. The summed E-state index contributed by atoms with van der Waals surface area (Å²) < 4.78 is 0. The van der Waals surface area contributed by atoms with Gasteiger partial charge in [-0.3, -0.25) is 25.3 Å². The summed E-state index contributed by atoms with van der Waals surface area (Å²) in [5, 5.41) is 0. The van der Waals surface area contributed by atoms with Gasteiger partial charge in [0.05, 0.1) is 6.54 Å².